The Bertz CT molecular complexity index is 229. The van der Waals surface area contributed by atoms with E-state index in [0.717, 1.165) is 6.54 Å². The fourth-order valence-corrected chi connectivity index (χ4v) is 0.838. The van der Waals surface area contributed by atoms with Gasteiger partial charge in [-0.05, 0) is 13.1 Å². The first kappa shape index (κ1) is 11.2. The Hall–Kier alpha value is 1.20. The van der Waals surface area contributed by atoms with Crippen LogP contribution in [0.5, 0.6) is 0 Å². The van der Waals surface area contributed by atoms with Crippen molar-refractivity contribution >= 4 is 12.2 Å². The van der Waals surface area contributed by atoms with Gasteiger partial charge in [0.15, 0.2) is 0 Å². The molecule has 0 aliphatic carbocycles. The van der Waals surface area contributed by atoms with Gasteiger partial charge < -0.3 is 15.3 Å². The van der Waals surface area contributed by atoms with Crippen LogP contribution in [0.2, 0.25) is 0 Å². The van der Waals surface area contributed by atoms with E-state index >= 15 is 0 Å². The van der Waals surface area contributed by atoms with E-state index in [1.54, 1.807) is 6.20 Å². The van der Waals surface area contributed by atoms with Crippen molar-refractivity contribution in [2.75, 3.05) is 6.54 Å². The molecule has 5 heteroatoms. The first-order valence-electron chi connectivity index (χ1n) is 2.73. The van der Waals surface area contributed by atoms with E-state index in [2.05, 4.69) is 4.98 Å². The van der Waals surface area contributed by atoms with Crippen molar-refractivity contribution in [3.8, 4) is 0 Å². The van der Waals surface area contributed by atoms with Crippen LogP contribution < -0.4 is 68.9 Å². The largest absolute Gasteiger partial charge is 1.00 e. The van der Waals surface area contributed by atoms with Crippen molar-refractivity contribution in [3.63, 3.8) is 0 Å². The molecule has 1 aromatic heterocycles. The summed E-state index contributed by atoms with van der Waals surface area (Å²) < 4.78 is 2.45. The molecule has 1 aromatic rings. The van der Waals surface area contributed by atoms with Crippen molar-refractivity contribution in [2.45, 2.75) is 6.54 Å². The van der Waals surface area contributed by atoms with E-state index < -0.39 is 0 Å². The first-order chi connectivity index (χ1) is 4.34. The minimum absolute atomic E-state index is 0. The summed E-state index contributed by atoms with van der Waals surface area (Å²) in [5.41, 5.74) is 5.29. The fraction of sp³-hybridized carbons (Fsp3) is 0.400. The van der Waals surface area contributed by atoms with Crippen LogP contribution in [0.15, 0.2) is 12.4 Å². The Morgan fingerprint density at radius 1 is 1.70 bits per heavy atom. The molecule has 1 heterocycles. The summed E-state index contributed by atoms with van der Waals surface area (Å²) in [6.45, 7) is 1.37. The second-order valence-corrected chi connectivity index (χ2v) is 2.06. The van der Waals surface area contributed by atoms with Crippen molar-refractivity contribution in [1.29, 1.82) is 0 Å². The normalized spacial score (nSPS) is 8.90. The standard InChI is InChI=1S/C5H9N3S.Rb/c6-1-3-8-4-2-7-5(8)9;/h2,4H,1,3,6H2,(H,7,9);/q;+1/p-1. The van der Waals surface area contributed by atoms with E-state index in [-0.39, 0.29) is 58.2 Å². The summed E-state index contributed by atoms with van der Waals surface area (Å²) in [4.78, 5) is 3.86. The van der Waals surface area contributed by atoms with Gasteiger partial charge in [0.2, 0.25) is 0 Å². The van der Waals surface area contributed by atoms with Gasteiger partial charge in [0.05, 0.1) is 0 Å². The number of rotatable bonds is 2. The van der Waals surface area contributed by atoms with E-state index in [1.807, 2.05) is 10.8 Å². The number of hydrogen-bond acceptors (Lipinski definition) is 2. The van der Waals surface area contributed by atoms with E-state index in [1.165, 1.54) is 0 Å². The van der Waals surface area contributed by atoms with Crippen molar-refractivity contribution < 1.29 is 58.2 Å². The maximum absolute atomic E-state index is 5.29. The van der Waals surface area contributed by atoms with Gasteiger partial charge in [0.1, 0.15) is 0 Å². The van der Waals surface area contributed by atoms with E-state index in [9.17, 15) is 0 Å². The maximum atomic E-state index is 5.29. The molecule has 0 aliphatic rings. The van der Waals surface area contributed by atoms with Gasteiger partial charge in [-0.1, -0.05) is 24.6 Å². The molecule has 0 atom stereocenters. The second-order valence-electron chi connectivity index (χ2n) is 1.69. The van der Waals surface area contributed by atoms with E-state index in [0.29, 0.717) is 11.3 Å². The summed E-state index contributed by atoms with van der Waals surface area (Å²) in [5, 5.41) is 0. The molecule has 0 saturated carbocycles. The summed E-state index contributed by atoms with van der Waals surface area (Å²) >= 11 is 4.85. The predicted molar refractivity (Wildman–Crippen MR) is 37.6 cm³/mol. The van der Waals surface area contributed by atoms with Gasteiger partial charge >= 0.3 is 58.2 Å². The molecule has 0 aromatic carbocycles. The molecule has 0 bridgehead atoms. The molecule has 3 nitrogen and oxygen atoms in total. The number of nitrogens with two attached hydrogens (primary N) is 1. The Balaban J connectivity index is 0.000000810. The molecule has 50 valence electrons. The van der Waals surface area contributed by atoms with Crippen LogP contribution in [-0.4, -0.2) is 11.1 Å². The van der Waals surface area contributed by atoms with Crippen molar-refractivity contribution in [2.24, 2.45) is 5.73 Å². The summed E-state index contributed by atoms with van der Waals surface area (Å²) in [6.07, 6.45) is 3.51. The molecule has 0 amide bonds. The van der Waals surface area contributed by atoms with Gasteiger partial charge in [-0.25, -0.2) is 0 Å². The molecule has 2 N–H and O–H groups in total. The van der Waals surface area contributed by atoms with Gasteiger partial charge in [0.25, 0.3) is 0 Å². The quantitative estimate of drug-likeness (QED) is 0.553. The Labute approximate surface area is 114 Å². The predicted octanol–water partition coefficient (Wildman–Crippen LogP) is -2.86. The van der Waals surface area contributed by atoms with Gasteiger partial charge in [-0.2, -0.15) is 0 Å². The number of nitrogens with zero attached hydrogens (tertiary/aromatic N) is 2. The SMILES string of the molecule is NCCn1cc[n-]c1=S.[Rb+]. The van der Waals surface area contributed by atoms with Crippen LogP contribution in [0, 0.1) is 4.77 Å². The second kappa shape index (κ2) is 5.80. The summed E-state index contributed by atoms with van der Waals surface area (Å²) in [7, 11) is 0. The summed E-state index contributed by atoms with van der Waals surface area (Å²) in [5.74, 6) is 0. The zero-order valence-corrected chi connectivity index (χ0v) is 11.7. The van der Waals surface area contributed by atoms with Crippen molar-refractivity contribution in [3.05, 3.63) is 17.2 Å². The monoisotopic (exact) mass is 227 g/mol. The zero-order chi connectivity index (χ0) is 6.69. The van der Waals surface area contributed by atoms with Crippen LogP contribution >= 0.6 is 12.2 Å². The van der Waals surface area contributed by atoms with Crippen molar-refractivity contribution in [1.82, 2.24) is 9.55 Å². The smallest absolute Gasteiger partial charge is 0.439 e. The molecule has 0 saturated heterocycles. The molecular formula is C5H8N3RbS. The average Bonchev–Trinajstić information content (AvgIpc) is 2.18. The number of imidazole rings is 1. The van der Waals surface area contributed by atoms with Crippen LogP contribution in [0.25, 0.3) is 0 Å². The zero-order valence-electron chi connectivity index (χ0n) is 5.95. The van der Waals surface area contributed by atoms with Gasteiger partial charge in [-0.3, -0.25) is 0 Å². The van der Waals surface area contributed by atoms with Gasteiger partial charge in [0, 0.05) is 4.77 Å². The first-order valence-corrected chi connectivity index (χ1v) is 3.13. The Morgan fingerprint density at radius 2 is 2.40 bits per heavy atom. The van der Waals surface area contributed by atoms with Gasteiger partial charge in [-0.15, -0.1) is 0 Å². The summed E-state index contributed by atoms with van der Waals surface area (Å²) in [6, 6.07) is 0. The molecule has 0 spiro atoms. The fourth-order valence-electron chi connectivity index (χ4n) is 0.625. The van der Waals surface area contributed by atoms with E-state index in [4.69, 9.17) is 18.0 Å². The van der Waals surface area contributed by atoms with Crippen LogP contribution in [0.4, 0.5) is 0 Å². The third kappa shape index (κ3) is 3.06. The molecule has 0 fully saturated rings. The average molecular weight is 228 g/mol. The Morgan fingerprint density at radius 3 is 2.80 bits per heavy atom. The minimum atomic E-state index is 0. The third-order valence-electron chi connectivity index (χ3n) is 1.05. The van der Waals surface area contributed by atoms with Crippen LogP contribution in [0.3, 0.4) is 0 Å². The minimum Gasteiger partial charge on any atom is -0.439 e. The topological polar surface area (TPSA) is 45.0 Å². The molecule has 0 unspecified atom stereocenters. The Kier molecular flexibility index (Phi) is 6.49. The number of hydrogen-bond donors (Lipinski definition) is 1. The molecular weight excluding hydrogens is 220 g/mol. The number of aromatic nitrogens is 2. The molecule has 1 rings (SSSR count). The molecule has 0 aliphatic heterocycles. The third-order valence-corrected chi connectivity index (χ3v) is 1.39. The molecule has 10 heavy (non-hydrogen) atoms. The molecule has 0 radical (unpaired) electrons. The van der Waals surface area contributed by atoms with Crippen LogP contribution in [0.1, 0.15) is 0 Å². The van der Waals surface area contributed by atoms with Crippen LogP contribution in [-0.2, 0) is 6.54 Å². The maximum Gasteiger partial charge on any atom is 1.00 e.